The smallest absolute Gasteiger partial charge is 0.123 e. The van der Waals surface area contributed by atoms with E-state index in [9.17, 15) is 0 Å². The highest BCUT2D eigenvalue weighted by Gasteiger charge is 2.06. The Labute approximate surface area is 96.3 Å². The van der Waals surface area contributed by atoms with Crippen LogP contribution < -0.4 is 5.73 Å². The Balaban J connectivity index is 2.08. The van der Waals surface area contributed by atoms with Gasteiger partial charge in [-0.05, 0) is 30.2 Å². The number of aliphatic imine (C=N–C) groups is 1. The summed E-state index contributed by atoms with van der Waals surface area (Å²) in [6, 6.07) is 7.84. The van der Waals surface area contributed by atoms with E-state index in [0.29, 0.717) is 0 Å². The Bertz CT molecular complexity index is 404. The maximum Gasteiger partial charge on any atom is 0.123 e. The van der Waals surface area contributed by atoms with Crippen LogP contribution in [0, 0.1) is 0 Å². The lowest BCUT2D eigenvalue weighted by Gasteiger charge is -2.22. The quantitative estimate of drug-likeness (QED) is 0.767. The SMILES string of the molecule is CN1CCCN=C1/C=C/c1ccc(N)cc1. The number of benzene rings is 1. The van der Waals surface area contributed by atoms with Crippen LogP contribution in [0.2, 0.25) is 0 Å². The van der Waals surface area contributed by atoms with Crippen molar-refractivity contribution < 1.29 is 0 Å². The molecule has 0 saturated carbocycles. The number of anilines is 1. The summed E-state index contributed by atoms with van der Waals surface area (Å²) < 4.78 is 0. The number of hydrogen-bond acceptors (Lipinski definition) is 3. The minimum Gasteiger partial charge on any atom is -0.399 e. The Morgan fingerprint density at radius 3 is 2.69 bits per heavy atom. The molecular weight excluding hydrogens is 198 g/mol. The fraction of sp³-hybridized carbons (Fsp3) is 0.308. The lowest BCUT2D eigenvalue weighted by atomic mass is 10.2. The molecule has 0 fully saturated rings. The Kier molecular flexibility index (Phi) is 3.25. The molecule has 2 rings (SSSR count). The van der Waals surface area contributed by atoms with E-state index in [2.05, 4.69) is 29.1 Å². The minimum atomic E-state index is 0.796. The summed E-state index contributed by atoms with van der Waals surface area (Å²) >= 11 is 0. The molecule has 0 aliphatic carbocycles. The third-order valence-electron chi connectivity index (χ3n) is 2.68. The zero-order chi connectivity index (χ0) is 11.4. The first-order valence-electron chi connectivity index (χ1n) is 5.55. The van der Waals surface area contributed by atoms with Crippen molar-refractivity contribution in [3.8, 4) is 0 Å². The predicted molar refractivity (Wildman–Crippen MR) is 69.4 cm³/mol. The van der Waals surface area contributed by atoms with Crippen LogP contribution in [-0.2, 0) is 0 Å². The summed E-state index contributed by atoms with van der Waals surface area (Å²) in [6.07, 6.45) is 5.28. The van der Waals surface area contributed by atoms with Gasteiger partial charge in [-0.3, -0.25) is 4.99 Å². The second-order valence-electron chi connectivity index (χ2n) is 4.02. The van der Waals surface area contributed by atoms with Gasteiger partial charge in [-0.2, -0.15) is 0 Å². The summed E-state index contributed by atoms with van der Waals surface area (Å²) in [5, 5.41) is 0. The van der Waals surface area contributed by atoms with Crippen LogP contribution in [0.15, 0.2) is 35.3 Å². The Hall–Kier alpha value is -1.77. The molecule has 2 N–H and O–H groups in total. The zero-order valence-electron chi connectivity index (χ0n) is 9.56. The van der Waals surface area contributed by atoms with Gasteiger partial charge in [-0.15, -0.1) is 0 Å². The van der Waals surface area contributed by atoms with Gasteiger partial charge in [0.2, 0.25) is 0 Å². The number of hydrogen-bond donors (Lipinski definition) is 1. The average Bonchev–Trinajstić information content (AvgIpc) is 2.30. The van der Waals surface area contributed by atoms with Crippen molar-refractivity contribution in [1.82, 2.24) is 4.90 Å². The molecule has 16 heavy (non-hydrogen) atoms. The van der Waals surface area contributed by atoms with Gasteiger partial charge in [-0.25, -0.2) is 0 Å². The second kappa shape index (κ2) is 4.84. The van der Waals surface area contributed by atoms with Gasteiger partial charge < -0.3 is 10.6 Å². The van der Waals surface area contributed by atoms with E-state index in [1.807, 2.05) is 24.3 Å². The largest absolute Gasteiger partial charge is 0.399 e. The average molecular weight is 215 g/mol. The van der Waals surface area contributed by atoms with Crippen molar-refractivity contribution in [1.29, 1.82) is 0 Å². The predicted octanol–water partition coefficient (Wildman–Crippen LogP) is 2.02. The number of nitrogens with zero attached hydrogens (tertiary/aromatic N) is 2. The first-order chi connectivity index (χ1) is 7.75. The molecule has 84 valence electrons. The van der Waals surface area contributed by atoms with Crippen LogP contribution in [0.4, 0.5) is 5.69 Å². The van der Waals surface area contributed by atoms with Gasteiger partial charge in [0.25, 0.3) is 0 Å². The highest BCUT2D eigenvalue weighted by molar-refractivity contribution is 5.96. The van der Waals surface area contributed by atoms with Crippen molar-refractivity contribution >= 4 is 17.6 Å². The number of rotatable bonds is 2. The van der Waals surface area contributed by atoms with Crippen molar-refractivity contribution in [2.45, 2.75) is 6.42 Å². The van der Waals surface area contributed by atoms with Gasteiger partial charge >= 0.3 is 0 Å². The van der Waals surface area contributed by atoms with E-state index in [1.54, 1.807) is 0 Å². The number of nitrogens with two attached hydrogens (primary N) is 1. The number of amidine groups is 1. The molecule has 0 aromatic heterocycles. The van der Waals surface area contributed by atoms with E-state index in [4.69, 9.17) is 5.73 Å². The zero-order valence-corrected chi connectivity index (χ0v) is 9.56. The Morgan fingerprint density at radius 1 is 1.25 bits per heavy atom. The third kappa shape index (κ3) is 2.63. The number of nitrogen functional groups attached to an aromatic ring is 1. The third-order valence-corrected chi connectivity index (χ3v) is 2.68. The maximum atomic E-state index is 5.63. The monoisotopic (exact) mass is 215 g/mol. The molecule has 0 spiro atoms. The summed E-state index contributed by atoms with van der Waals surface area (Å²) in [5.41, 5.74) is 7.58. The van der Waals surface area contributed by atoms with Gasteiger partial charge in [-0.1, -0.05) is 18.2 Å². The van der Waals surface area contributed by atoms with E-state index >= 15 is 0 Å². The minimum absolute atomic E-state index is 0.796. The molecule has 0 saturated heterocycles. The summed E-state index contributed by atoms with van der Waals surface area (Å²) in [5.74, 6) is 1.06. The number of likely N-dealkylation sites (N-methyl/N-ethyl adjacent to an activating group) is 1. The van der Waals surface area contributed by atoms with Crippen LogP contribution in [0.3, 0.4) is 0 Å². The van der Waals surface area contributed by atoms with Crippen LogP contribution in [0.5, 0.6) is 0 Å². The highest BCUT2D eigenvalue weighted by Crippen LogP contribution is 2.08. The van der Waals surface area contributed by atoms with Gasteiger partial charge in [0.1, 0.15) is 5.84 Å². The summed E-state index contributed by atoms with van der Waals surface area (Å²) in [4.78, 5) is 6.65. The highest BCUT2D eigenvalue weighted by atomic mass is 15.2. The summed E-state index contributed by atoms with van der Waals surface area (Å²) in [7, 11) is 2.07. The molecule has 3 heteroatoms. The molecule has 1 aliphatic rings. The standard InChI is InChI=1S/C13H17N3/c1-16-10-2-9-15-13(16)8-5-11-3-6-12(14)7-4-11/h3-8H,2,9-10,14H2,1H3/b8-5+. The van der Waals surface area contributed by atoms with Crippen LogP contribution in [0.25, 0.3) is 6.08 Å². The van der Waals surface area contributed by atoms with E-state index in [-0.39, 0.29) is 0 Å². The molecule has 0 atom stereocenters. The van der Waals surface area contributed by atoms with Crippen LogP contribution in [0.1, 0.15) is 12.0 Å². The fourth-order valence-electron chi connectivity index (χ4n) is 1.69. The molecular formula is C13H17N3. The molecule has 1 heterocycles. The van der Waals surface area contributed by atoms with Crippen LogP contribution in [-0.4, -0.2) is 30.9 Å². The van der Waals surface area contributed by atoms with Crippen molar-refractivity contribution in [2.75, 3.05) is 25.9 Å². The summed E-state index contributed by atoms with van der Waals surface area (Å²) in [6.45, 7) is 2.02. The first kappa shape index (κ1) is 10.7. The topological polar surface area (TPSA) is 41.6 Å². The van der Waals surface area contributed by atoms with Gasteiger partial charge in [0, 0.05) is 25.8 Å². The van der Waals surface area contributed by atoms with E-state index in [1.165, 1.54) is 0 Å². The molecule has 0 unspecified atom stereocenters. The second-order valence-corrected chi connectivity index (χ2v) is 4.02. The van der Waals surface area contributed by atoms with Crippen molar-refractivity contribution in [3.05, 3.63) is 35.9 Å². The molecule has 0 bridgehead atoms. The van der Waals surface area contributed by atoms with E-state index in [0.717, 1.165) is 36.6 Å². The Morgan fingerprint density at radius 2 is 2.00 bits per heavy atom. The van der Waals surface area contributed by atoms with Crippen LogP contribution >= 0.6 is 0 Å². The first-order valence-corrected chi connectivity index (χ1v) is 5.55. The molecule has 1 aromatic carbocycles. The fourth-order valence-corrected chi connectivity index (χ4v) is 1.69. The molecule has 3 nitrogen and oxygen atoms in total. The lowest BCUT2D eigenvalue weighted by molar-refractivity contribution is 0.470. The maximum absolute atomic E-state index is 5.63. The van der Waals surface area contributed by atoms with Crippen molar-refractivity contribution in [3.63, 3.8) is 0 Å². The normalized spacial score (nSPS) is 16.6. The van der Waals surface area contributed by atoms with Gasteiger partial charge in [0.05, 0.1) is 0 Å². The molecule has 0 radical (unpaired) electrons. The van der Waals surface area contributed by atoms with Crippen molar-refractivity contribution in [2.24, 2.45) is 4.99 Å². The molecule has 1 aliphatic heterocycles. The molecule has 0 amide bonds. The van der Waals surface area contributed by atoms with Gasteiger partial charge in [0.15, 0.2) is 0 Å². The van der Waals surface area contributed by atoms with E-state index < -0.39 is 0 Å². The lowest BCUT2D eigenvalue weighted by Crippen LogP contribution is -2.30. The molecule has 1 aromatic rings.